The molecule has 0 saturated carbocycles. The van der Waals surface area contributed by atoms with Crippen LogP contribution in [0, 0.1) is 11.3 Å². The molecule has 0 unspecified atom stereocenters. The summed E-state index contributed by atoms with van der Waals surface area (Å²) in [5, 5.41) is 13.3. The zero-order chi connectivity index (χ0) is 18.6. The molecular formula is C21H22N6. The molecule has 1 N–H and O–H groups in total. The molecule has 0 amide bonds. The van der Waals surface area contributed by atoms with Crippen molar-refractivity contribution in [3.8, 4) is 6.07 Å². The summed E-state index contributed by atoms with van der Waals surface area (Å²) < 4.78 is 4.15. The van der Waals surface area contributed by atoms with Gasteiger partial charge in [0.15, 0.2) is 5.65 Å². The monoisotopic (exact) mass is 358 g/mol. The molecule has 4 rings (SSSR count). The van der Waals surface area contributed by atoms with Gasteiger partial charge in [-0.25, -0.2) is 9.97 Å². The Balaban J connectivity index is 1.72. The van der Waals surface area contributed by atoms with E-state index < -0.39 is 0 Å². The summed E-state index contributed by atoms with van der Waals surface area (Å²) in [7, 11) is 0. The number of nitriles is 1. The Hall–Kier alpha value is -3.33. The summed E-state index contributed by atoms with van der Waals surface area (Å²) >= 11 is 0. The Kier molecular flexibility index (Phi) is 4.75. The Morgan fingerprint density at radius 1 is 1.26 bits per heavy atom. The molecule has 6 heteroatoms. The maximum Gasteiger partial charge on any atom is 0.157 e. The average Bonchev–Trinajstić information content (AvgIpc) is 3.33. The largest absolute Gasteiger partial charge is 0.371 e. The fourth-order valence-corrected chi connectivity index (χ4v) is 3.50. The van der Waals surface area contributed by atoms with E-state index in [-0.39, 0.29) is 0 Å². The van der Waals surface area contributed by atoms with Gasteiger partial charge >= 0.3 is 0 Å². The lowest BCUT2D eigenvalue weighted by atomic mass is 10.1. The van der Waals surface area contributed by atoms with E-state index in [0.717, 1.165) is 60.4 Å². The van der Waals surface area contributed by atoms with Crippen LogP contribution in [0.4, 0.5) is 5.82 Å². The van der Waals surface area contributed by atoms with Gasteiger partial charge in [0.2, 0.25) is 0 Å². The average molecular weight is 358 g/mol. The summed E-state index contributed by atoms with van der Waals surface area (Å²) in [6.45, 7) is 3.88. The first-order chi connectivity index (χ1) is 13.3. The zero-order valence-corrected chi connectivity index (χ0v) is 15.4. The molecule has 6 nitrogen and oxygen atoms in total. The highest BCUT2D eigenvalue weighted by molar-refractivity contribution is 5.85. The van der Waals surface area contributed by atoms with Crippen molar-refractivity contribution in [3.05, 3.63) is 60.2 Å². The molecule has 0 saturated heterocycles. The predicted molar refractivity (Wildman–Crippen MR) is 107 cm³/mol. The number of para-hydroxylation sites is 2. The summed E-state index contributed by atoms with van der Waals surface area (Å²) in [5.74, 6) is 0.992. The number of hydrogen-bond acceptors (Lipinski definition) is 4. The molecule has 136 valence electrons. The smallest absolute Gasteiger partial charge is 0.157 e. The quantitative estimate of drug-likeness (QED) is 0.507. The lowest BCUT2D eigenvalue weighted by Crippen LogP contribution is -2.10. The van der Waals surface area contributed by atoms with Crippen LogP contribution in [0.15, 0.2) is 49.1 Å². The Labute approximate surface area is 158 Å². The van der Waals surface area contributed by atoms with E-state index >= 15 is 0 Å². The number of rotatable bonds is 7. The lowest BCUT2D eigenvalue weighted by Gasteiger charge is -2.14. The molecule has 27 heavy (non-hydrogen) atoms. The van der Waals surface area contributed by atoms with Gasteiger partial charge < -0.3 is 9.88 Å². The maximum absolute atomic E-state index is 9.75. The second-order valence-electron chi connectivity index (χ2n) is 6.63. The van der Waals surface area contributed by atoms with Crippen LogP contribution >= 0.6 is 0 Å². The van der Waals surface area contributed by atoms with E-state index in [9.17, 15) is 5.26 Å². The third kappa shape index (κ3) is 3.24. The van der Waals surface area contributed by atoms with E-state index in [0.29, 0.717) is 5.56 Å². The maximum atomic E-state index is 9.75. The van der Waals surface area contributed by atoms with E-state index in [4.69, 9.17) is 4.98 Å². The van der Waals surface area contributed by atoms with Crippen molar-refractivity contribution in [2.24, 2.45) is 0 Å². The number of anilines is 1. The van der Waals surface area contributed by atoms with Crippen LogP contribution < -0.4 is 5.32 Å². The molecular weight excluding hydrogens is 336 g/mol. The first-order valence-corrected chi connectivity index (χ1v) is 9.34. The van der Waals surface area contributed by atoms with Gasteiger partial charge in [-0.2, -0.15) is 5.26 Å². The molecule has 0 spiro atoms. The van der Waals surface area contributed by atoms with Crippen molar-refractivity contribution >= 4 is 22.5 Å². The lowest BCUT2D eigenvalue weighted by molar-refractivity contribution is 0.660. The number of nitrogens with zero attached hydrogens (tertiary/aromatic N) is 5. The van der Waals surface area contributed by atoms with Crippen LogP contribution in [0.2, 0.25) is 0 Å². The number of nitrogens with one attached hydrogen (secondary N) is 1. The van der Waals surface area contributed by atoms with Gasteiger partial charge in [0.25, 0.3) is 0 Å². The molecule has 1 aromatic carbocycles. The summed E-state index contributed by atoms with van der Waals surface area (Å²) in [4.78, 5) is 8.82. The number of aromatic nitrogens is 4. The van der Waals surface area contributed by atoms with Crippen molar-refractivity contribution in [2.45, 2.75) is 32.7 Å². The molecule has 0 fully saturated rings. The van der Waals surface area contributed by atoms with Crippen molar-refractivity contribution in [1.29, 1.82) is 5.26 Å². The van der Waals surface area contributed by atoms with Crippen LogP contribution in [-0.4, -0.2) is 25.5 Å². The fraction of sp³-hybridized carbons (Fsp3) is 0.286. The topological polar surface area (TPSA) is 70.9 Å². The highest BCUT2D eigenvalue weighted by atomic mass is 15.1. The number of fused-ring (bicyclic) bond motifs is 3. The van der Waals surface area contributed by atoms with E-state index in [1.54, 1.807) is 6.20 Å². The molecule has 0 aliphatic rings. The van der Waals surface area contributed by atoms with Crippen molar-refractivity contribution < 1.29 is 0 Å². The Morgan fingerprint density at radius 3 is 2.93 bits per heavy atom. The standard InChI is InChI=1S/C21H22N6/c1-2-6-16-13-20(24-9-5-11-26-12-10-23-15-26)27-19-8-4-3-7-18(19)25-21(27)17(16)14-22/h3-4,7-8,10,12-13,15,24H,2,5-6,9,11H2,1H3. The highest BCUT2D eigenvalue weighted by Gasteiger charge is 2.16. The first kappa shape index (κ1) is 17.1. The number of aryl methyl sites for hydroxylation is 2. The van der Waals surface area contributed by atoms with Gasteiger partial charge in [-0.1, -0.05) is 25.5 Å². The second-order valence-corrected chi connectivity index (χ2v) is 6.63. The van der Waals surface area contributed by atoms with Gasteiger partial charge in [-0.15, -0.1) is 0 Å². The zero-order valence-electron chi connectivity index (χ0n) is 15.4. The molecule has 0 bridgehead atoms. The normalized spacial score (nSPS) is 11.1. The second kappa shape index (κ2) is 7.50. The molecule has 4 aromatic rings. The number of benzene rings is 1. The van der Waals surface area contributed by atoms with Crippen LogP contribution in [-0.2, 0) is 13.0 Å². The van der Waals surface area contributed by atoms with E-state index in [1.807, 2.05) is 36.8 Å². The van der Waals surface area contributed by atoms with Gasteiger partial charge in [0.1, 0.15) is 11.9 Å². The number of imidazole rings is 2. The van der Waals surface area contributed by atoms with Gasteiger partial charge in [-0.3, -0.25) is 4.40 Å². The van der Waals surface area contributed by atoms with Gasteiger partial charge in [-0.05, 0) is 36.6 Å². The van der Waals surface area contributed by atoms with Crippen molar-refractivity contribution in [1.82, 2.24) is 18.9 Å². The van der Waals surface area contributed by atoms with Crippen LogP contribution in [0.3, 0.4) is 0 Å². The summed E-state index contributed by atoms with van der Waals surface area (Å²) in [5.41, 5.74) is 4.40. The van der Waals surface area contributed by atoms with Crippen molar-refractivity contribution in [2.75, 3.05) is 11.9 Å². The fourth-order valence-electron chi connectivity index (χ4n) is 3.50. The van der Waals surface area contributed by atoms with Gasteiger partial charge in [0, 0.05) is 25.5 Å². The minimum Gasteiger partial charge on any atom is -0.371 e. The molecule has 0 aliphatic carbocycles. The predicted octanol–water partition coefficient (Wildman–Crippen LogP) is 4.01. The highest BCUT2D eigenvalue weighted by Crippen LogP contribution is 2.27. The summed E-state index contributed by atoms with van der Waals surface area (Å²) in [6.07, 6.45) is 8.45. The van der Waals surface area contributed by atoms with Crippen LogP contribution in [0.1, 0.15) is 30.9 Å². The molecule has 3 aromatic heterocycles. The minimum atomic E-state index is 0.678. The van der Waals surface area contributed by atoms with E-state index in [1.165, 1.54) is 0 Å². The molecule has 0 aliphatic heterocycles. The molecule has 3 heterocycles. The summed E-state index contributed by atoms with van der Waals surface area (Å²) in [6, 6.07) is 12.5. The number of pyridine rings is 1. The van der Waals surface area contributed by atoms with Crippen molar-refractivity contribution in [3.63, 3.8) is 0 Å². The SMILES string of the molecule is CCCc1cc(NCCCn2ccnc2)n2c(nc3ccccc32)c1C#N. The Morgan fingerprint density at radius 2 is 2.15 bits per heavy atom. The van der Waals surface area contributed by atoms with Crippen LogP contribution in [0.25, 0.3) is 16.7 Å². The molecule has 0 atom stereocenters. The third-order valence-electron chi connectivity index (χ3n) is 4.75. The Bertz CT molecular complexity index is 1100. The number of hydrogen-bond donors (Lipinski definition) is 1. The third-order valence-corrected chi connectivity index (χ3v) is 4.75. The van der Waals surface area contributed by atoms with Gasteiger partial charge in [0.05, 0.1) is 22.9 Å². The minimum absolute atomic E-state index is 0.678. The first-order valence-electron chi connectivity index (χ1n) is 9.34. The molecule has 0 radical (unpaired) electrons. The van der Waals surface area contributed by atoms with E-state index in [2.05, 4.69) is 38.3 Å². The van der Waals surface area contributed by atoms with Crippen LogP contribution in [0.5, 0.6) is 0 Å².